The lowest BCUT2D eigenvalue weighted by molar-refractivity contribution is -0.144. The van der Waals surface area contributed by atoms with E-state index in [1.54, 1.807) is 0 Å². The van der Waals surface area contributed by atoms with Gasteiger partial charge in [0.2, 0.25) is 0 Å². The molecule has 0 fully saturated rings. The van der Waals surface area contributed by atoms with Crippen molar-refractivity contribution < 1.29 is 9.90 Å². The molecule has 0 aromatic carbocycles. The van der Waals surface area contributed by atoms with Crippen molar-refractivity contribution in [2.75, 3.05) is 52.4 Å². The number of carboxylic acid groups (broad SMARTS) is 1. The van der Waals surface area contributed by atoms with Gasteiger partial charge in [0, 0.05) is 19.6 Å². The van der Waals surface area contributed by atoms with Crippen LogP contribution in [0.5, 0.6) is 0 Å². The zero-order chi connectivity index (χ0) is 15.5. The summed E-state index contributed by atoms with van der Waals surface area (Å²) >= 11 is 0. The molecule has 0 aromatic rings. The van der Waals surface area contributed by atoms with Gasteiger partial charge < -0.3 is 14.9 Å². The van der Waals surface area contributed by atoms with E-state index in [1.807, 2.05) is 18.7 Å². The molecule has 0 aliphatic carbocycles. The summed E-state index contributed by atoms with van der Waals surface area (Å²) in [4.78, 5) is 18.1. The Hall–Kier alpha value is -0.650. The van der Waals surface area contributed by atoms with E-state index in [0.29, 0.717) is 6.54 Å². The molecule has 20 heavy (non-hydrogen) atoms. The number of carbonyl (C=O) groups is 1. The zero-order valence-corrected chi connectivity index (χ0v) is 13.9. The molecule has 1 unspecified atom stereocenters. The standard InChI is InChI=1S/C15H33N3O2/c1-6-16(7-2)11-12-17(8-3)13-14(15(19)20)18(9-4)10-5/h14H,6-13H2,1-5H3,(H,19,20). The van der Waals surface area contributed by atoms with Gasteiger partial charge in [-0.2, -0.15) is 0 Å². The van der Waals surface area contributed by atoms with E-state index in [1.165, 1.54) is 0 Å². The van der Waals surface area contributed by atoms with Crippen LogP contribution in [0.4, 0.5) is 0 Å². The number of aliphatic carboxylic acids is 1. The highest BCUT2D eigenvalue weighted by Gasteiger charge is 2.25. The Kier molecular flexibility index (Phi) is 10.7. The Balaban J connectivity index is 4.52. The normalized spacial score (nSPS) is 13.4. The van der Waals surface area contributed by atoms with Crippen molar-refractivity contribution >= 4 is 5.97 Å². The van der Waals surface area contributed by atoms with Crippen LogP contribution in [0.25, 0.3) is 0 Å². The first-order valence-electron chi connectivity index (χ1n) is 7.95. The largest absolute Gasteiger partial charge is 0.480 e. The van der Waals surface area contributed by atoms with Gasteiger partial charge in [0.15, 0.2) is 0 Å². The number of hydrogen-bond acceptors (Lipinski definition) is 4. The lowest BCUT2D eigenvalue weighted by Crippen LogP contribution is -2.49. The van der Waals surface area contributed by atoms with Crippen molar-refractivity contribution in [2.24, 2.45) is 0 Å². The van der Waals surface area contributed by atoms with E-state index in [4.69, 9.17) is 0 Å². The van der Waals surface area contributed by atoms with Crippen LogP contribution >= 0.6 is 0 Å². The predicted octanol–water partition coefficient (Wildman–Crippen LogP) is 1.45. The quantitative estimate of drug-likeness (QED) is 0.588. The average Bonchev–Trinajstić information content (AvgIpc) is 2.45. The molecule has 120 valence electrons. The van der Waals surface area contributed by atoms with Gasteiger partial charge in [-0.15, -0.1) is 0 Å². The van der Waals surface area contributed by atoms with Crippen LogP contribution in [0.15, 0.2) is 0 Å². The lowest BCUT2D eigenvalue weighted by Gasteiger charge is -2.32. The highest BCUT2D eigenvalue weighted by molar-refractivity contribution is 5.73. The maximum absolute atomic E-state index is 11.5. The summed E-state index contributed by atoms with van der Waals surface area (Å²) in [5.41, 5.74) is 0. The summed E-state index contributed by atoms with van der Waals surface area (Å²) in [5.74, 6) is -0.713. The molecule has 0 aromatic heterocycles. The molecule has 0 radical (unpaired) electrons. The molecule has 1 N–H and O–H groups in total. The molecule has 0 saturated carbocycles. The van der Waals surface area contributed by atoms with Crippen molar-refractivity contribution in [3.8, 4) is 0 Å². The van der Waals surface area contributed by atoms with Gasteiger partial charge in [0.05, 0.1) is 0 Å². The highest BCUT2D eigenvalue weighted by Crippen LogP contribution is 2.04. The highest BCUT2D eigenvalue weighted by atomic mass is 16.4. The van der Waals surface area contributed by atoms with Crippen LogP contribution in [0.1, 0.15) is 34.6 Å². The summed E-state index contributed by atoms with van der Waals surface area (Å²) < 4.78 is 0. The summed E-state index contributed by atoms with van der Waals surface area (Å²) in [7, 11) is 0. The molecule has 0 bridgehead atoms. The van der Waals surface area contributed by atoms with E-state index in [-0.39, 0.29) is 0 Å². The fourth-order valence-corrected chi connectivity index (χ4v) is 2.46. The Morgan fingerprint density at radius 3 is 1.65 bits per heavy atom. The number of nitrogens with zero attached hydrogens (tertiary/aromatic N) is 3. The van der Waals surface area contributed by atoms with Gasteiger partial charge in [0.1, 0.15) is 6.04 Å². The van der Waals surface area contributed by atoms with Gasteiger partial charge in [-0.25, -0.2) is 0 Å². The number of rotatable bonds is 12. The van der Waals surface area contributed by atoms with Gasteiger partial charge in [-0.3, -0.25) is 9.69 Å². The summed E-state index contributed by atoms with van der Waals surface area (Å²) in [6.07, 6.45) is 0. The minimum absolute atomic E-state index is 0.401. The minimum Gasteiger partial charge on any atom is -0.480 e. The fourth-order valence-electron chi connectivity index (χ4n) is 2.46. The van der Waals surface area contributed by atoms with E-state index < -0.39 is 12.0 Å². The van der Waals surface area contributed by atoms with Crippen molar-refractivity contribution in [1.29, 1.82) is 0 Å². The maximum atomic E-state index is 11.5. The molecule has 0 aliphatic rings. The van der Waals surface area contributed by atoms with Crippen LogP contribution in [-0.2, 0) is 4.79 Å². The van der Waals surface area contributed by atoms with Gasteiger partial charge in [-0.1, -0.05) is 34.6 Å². The first-order chi connectivity index (χ1) is 9.53. The van der Waals surface area contributed by atoms with Crippen molar-refractivity contribution in [1.82, 2.24) is 14.7 Å². The summed E-state index contributed by atoms with van der Waals surface area (Å²) in [5, 5.41) is 9.44. The second kappa shape index (κ2) is 11.1. The van der Waals surface area contributed by atoms with Gasteiger partial charge in [0.25, 0.3) is 0 Å². The molecule has 5 heteroatoms. The minimum atomic E-state index is -0.713. The number of hydrogen-bond donors (Lipinski definition) is 1. The monoisotopic (exact) mass is 287 g/mol. The molecule has 1 atom stereocenters. The number of likely N-dealkylation sites (N-methyl/N-ethyl adjacent to an activating group) is 3. The number of carboxylic acids is 1. The maximum Gasteiger partial charge on any atom is 0.322 e. The Labute approximate surface area is 124 Å². The molecule has 0 saturated heterocycles. The van der Waals surface area contributed by atoms with Crippen LogP contribution in [0.3, 0.4) is 0 Å². The summed E-state index contributed by atoms with van der Waals surface area (Å²) in [6, 6.07) is -0.401. The SMILES string of the molecule is CCN(CC)CCN(CC)CC(C(=O)O)N(CC)CC. The fraction of sp³-hybridized carbons (Fsp3) is 0.933. The summed E-state index contributed by atoms with van der Waals surface area (Å²) in [6.45, 7) is 17.6. The third-order valence-electron chi connectivity index (χ3n) is 4.04. The first-order valence-corrected chi connectivity index (χ1v) is 7.95. The zero-order valence-electron chi connectivity index (χ0n) is 13.9. The Morgan fingerprint density at radius 1 is 0.850 bits per heavy atom. The van der Waals surface area contributed by atoms with E-state index in [0.717, 1.165) is 45.8 Å². The van der Waals surface area contributed by atoms with Crippen molar-refractivity contribution in [2.45, 2.75) is 40.7 Å². The second-order valence-electron chi connectivity index (χ2n) is 5.00. The third kappa shape index (κ3) is 6.68. The smallest absolute Gasteiger partial charge is 0.322 e. The van der Waals surface area contributed by atoms with Gasteiger partial charge >= 0.3 is 5.97 Å². The predicted molar refractivity (Wildman–Crippen MR) is 84.2 cm³/mol. The first kappa shape index (κ1) is 19.4. The van der Waals surface area contributed by atoms with Crippen LogP contribution in [0, 0.1) is 0 Å². The van der Waals surface area contributed by atoms with Crippen molar-refractivity contribution in [3.05, 3.63) is 0 Å². The van der Waals surface area contributed by atoms with E-state index in [2.05, 4.69) is 30.6 Å². The van der Waals surface area contributed by atoms with E-state index >= 15 is 0 Å². The Bertz CT molecular complexity index is 254. The van der Waals surface area contributed by atoms with E-state index in [9.17, 15) is 9.90 Å². The molecule has 0 heterocycles. The average molecular weight is 287 g/mol. The molecular formula is C15H33N3O2. The molecule has 0 aliphatic heterocycles. The molecule has 0 spiro atoms. The molecule has 0 rings (SSSR count). The lowest BCUT2D eigenvalue weighted by atomic mass is 10.2. The van der Waals surface area contributed by atoms with Crippen molar-refractivity contribution in [3.63, 3.8) is 0 Å². The molecular weight excluding hydrogens is 254 g/mol. The van der Waals surface area contributed by atoms with Crippen LogP contribution in [0.2, 0.25) is 0 Å². The van der Waals surface area contributed by atoms with Crippen LogP contribution < -0.4 is 0 Å². The molecule has 5 nitrogen and oxygen atoms in total. The second-order valence-corrected chi connectivity index (χ2v) is 5.00. The third-order valence-corrected chi connectivity index (χ3v) is 4.04. The molecule has 0 amide bonds. The van der Waals surface area contributed by atoms with Crippen LogP contribution in [-0.4, -0.2) is 84.2 Å². The van der Waals surface area contributed by atoms with Gasteiger partial charge in [-0.05, 0) is 32.7 Å². The Morgan fingerprint density at radius 2 is 1.30 bits per heavy atom. The topological polar surface area (TPSA) is 47.0 Å².